The summed E-state index contributed by atoms with van der Waals surface area (Å²) in [5.41, 5.74) is 3.19. The summed E-state index contributed by atoms with van der Waals surface area (Å²) in [5.74, 6) is -0.561. The molecule has 2 aliphatic rings. The maximum atomic E-state index is 13.1. The van der Waals surface area contributed by atoms with Gasteiger partial charge in [-0.1, -0.05) is 6.42 Å². The maximum absolute atomic E-state index is 13.1. The summed E-state index contributed by atoms with van der Waals surface area (Å²) < 4.78 is 5.70. The lowest BCUT2D eigenvalue weighted by atomic mass is 9.78. The minimum absolute atomic E-state index is 0.209. The highest BCUT2D eigenvalue weighted by atomic mass is 16.6. The van der Waals surface area contributed by atoms with Crippen molar-refractivity contribution in [2.75, 3.05) is 23.3 Å². The average Bonchev–Trinajstić information content (AvgIpc) is 2.88. The van der Waals surface area contributed by atoms with Gasteiger partial charge in [-0.15, -0.1) is 0 Å². The lowest BCUT2D eigenvalue weighted by Gasteiger charge is -2.34. The zero-order chi connectivity index (χ0) is 19.6. The Morgan fingerprint density at radius 3 is 2.41 bits per heavy atom. The molecule has 0 unspecified atom stereocenters. The Labute approximate surface area is 161 Å². The molecule has 1 saturated carbocycles. The molecular weight excluding hydrogens is 340 g/mol. The van der Waals surface area contributed by atoms with Gasteiger partial charge in [0.25, 0.3) is 5.91 Å². The third-order valence-corrected chi connectivity index (χ3v) is 5.90. The van der Waals surface area contributed by atoms with Crippen molar-refractivity contribution in [3.8, 4) is 0 Å². The number of esters is 1. The van der Waals surface area contributed by atoms with Gasteiger partial charge in [-0.05, 0) is 77.1 Å². The van der Waals surface area contributed by atoms with Gasteiger partial charge in [0.15, 0.2) is 0 Å². The molecule has 1 amide bonds. The van der Waals surface area contributed by atoms with Gasteiger partial charge in [0.1, 0.15) is 5.60 Å². The molecule has 1 N–H and O–H groups in total. The second-order valence-corrected chi connectivity index (χ2v) is 7.57. The lowest BCUT2D eigenvalue weighted by molar-refractivity contribution is -0.149. The number of hydrogen-bond donors (Lipinski definition) is 1. The standard InChI is InChI=1S/C22H30N2O3/c1-5-24(6-2)17-10-11-18(15(3)14-17)23-20(25)19-16(4)21(26)27-22(19)12-8-7-9-13-22/h10-11,14H,5-9,12-13H2,1-4H3,(H,23,25). The second kappa shape index (κ2) is 7.75. The van der Waals surface area contributed by atoms with Crippen LogP contribution in [-0.4, -0.2) is 30.6 Å². The zero-order valence-electron chi connectivity index (χ0n) is 16.9. The largest absolute Gasteiger partial charge is 0.451 e. The van der Waals surface area contributed by atoms with Crippen LogP contribution in [0.2, 0.25) is 0 Å². The summed E-state index contributed by atoms with van der Waals surface area (Å²) in [4.78, 5) is 27.6. The molecule has 0 radical (unpaired) electrons. The van der Waals surface area contributed by atoms with E-state index in [2.05, 4.69) is 30.1 Å². The Hall–Kier alpha value is -2.30. The fraction of sp³-hybridized carbons (Fsp3) is 0.545. The number of carbonyl (C=O) groups excluding carboxylic acids is 2. The summed E-state index contributed by atoms with van der Waals surface area (Å²) in [6.45, 7) is 9.84. The van der Waals surface area contributed by atoms with E-state index in [-0.39, 0.29) is 11.9 Å². The fourth-order valence-electron chi connectivity index (χ4n) is 4.36. The number of benzene rings is 1. The first kappa shape index (κ1) is 19.5. The number of amides is 1. The summed E-state index contributed by atoms with van der Waals surface area (Å²) in [6, 6.07) is 6.07. The highest BCUT2D eigenvalue weighted by Crippen LogP contribution is 2.44. The fourth-order valence-corrected chi connectivity index (χ4v) is 4.36. The summed E-state index contributed by atoms with van der Waals surface area (Å²) >= 11 is 0. The third-order valence-electron chi connectivity index (χ3n) is 5.90. The van der Waals surface area contributed by atoms with Crippen LogP contribution < -0.4 is 10.2 Å². The molecule has 5 nitrogen and oxygen atoms in total. The van der Waals surface area contributed by atoms with Gasteiger partial charge in [0.2, 0.25) is 0 Å². The molecule has 1 aromatic carbocycles. The van der Waals surface area contributed by atoms with Gasteiger partial charge in [0, 0.05) is 30.0 Å². The Balaban J connectivity index is 1.85. The van der Waals surface area contributed by atoms with Gasteiger partial charge < -0.3 is 15.0 Å². The van der Waals surface area contributed by atoms with Crippen molar-refractivity contribution in [3.63, 3.8) is 0 Å². The van der Waals surface area contributed by atoms with E-state index in [9.17, 15) is 9.59 Å². The monoisotopic (exact) mass is 370 g/mol. The van der Waals surface area contributed by atoms with E-state index in [1.807, 2.05) is 19.1 Å². The van der Waals surface area contributed by atoms with Crippen LogP contribution >= 0.6 is 0 Å². The first-order valence-corrected chi connectivity index (χ1v) is 10.0. The predicted molar refractivity (Wildman–Crippen MR) is 108 cm³/mol. The highest BCUT2D eigenvalue weighted by Gasteiger charge is 2.49. The molecule has 0 bridgehead atoms. The van der Waals surface area contributed by atoms with E-state index < -0.39 is 5.60 Å². The first-order valence-electron chi connectivity index (χ1n) is 10.0. The Kier molecular flexibility index (Phi) is 5.59. The van der Waals surface area contributed by atoms with Crippen molar-refractivity contribution < 1.29 is 14.3 Å². The number of hydrogen-bond acceptors (Lipinski definition) is 4. The number of nitrogens with one attached hydrogen (secondary N) is 1. The lowest BCUT2D eigenvalue weighted by Crippen LogP contribution is -2.39. The van der Waals surface area contributed by atoms with Crippen LogP contribution in [0.5, 0.6) is 0 Å². The van der Waals surface area contributed by atoms with Crippen molar-refractivity contribution in [2.45, 2.75) is 65.4 Å². The van der Waals surface area contributed by atoms with E-state index >= 15 is 0 Å². The van der Waals surface area contributed by atoms with Crippen LogP contribution in [0.15, 0.2) is 29.3 Å². The topological polar surface area (TPSA) is 58.6 Å². The van der Waals surface area contributed by atoms with E-state index in [1.54, 1.807) is 6.92 Å². The van der Waals surface area contributed by atoms with E-state index in [4.69, 9.17) is 4.74 Å². The van der Waals surface area contributed by atoms with Crippen LogP contribution in [0.4, 0.5) is 11.4 Å². The molecule has 5 heteroatoms. The number of anilines is 2. The van der Waals surface area contributed by atoms with Gasteiger partial charge in [-0.25, -0.2) is 4.79 Å². The molecule has 0 aromatic heterocycles. The Morgan fingerprint density at radius 2 is 1.81 bits per heavy atom. The van der Waals surface area contributed by atoms with E-state index in [1.165, 1.54) is 0 Å². The molecule has 27 heavy (non-hydrogen) atoms. The number of nitrogens with zero attached hydrogens (tertiary/aromatic N) is 1. The van der Waals surface area contributed by atoms with Gasteiger partial charge in [-0.2, -0.15) is 0 Å². The number of ether oxygens (including phenoxy) is 1. The normalized spacial score (nSPS) is 18.6. The minimum atomic E-state index is -0.724. The first-order chi connectivity index (χ1) is 12.9. The Morgan fingerprint density at radius 1 is 1.15 bits per heavy atom. The second-order valence-electron chi connectivity index (χ2n) is 7.57. The van der Waals surface area contributed by atoms with Crippen molar-refractivity contribution in [3.05, 3.63) is 34.9 Å². The van der Waals surface area contributed by atoms with Crippen LogP contribution in [0, 0.1) is 6.92 Å². The predicted octanol–water partition coefficient (Wildman–Crippen LogP) is 4.36. The van der Waals surface area contributed by atoms with Crippen LogP contribution in [0.3, 0.4) is 0 Å². The van der Waals surface area contributed by atoms with Crippen molar-refractivity contribution in [2.24, 2.45) is 0 Å². The molecule has 1 aliphatic carbocycles. The number of aryl methyl sites for hydroxylation is 1. The Bertz CT molecular complexity index is 772. The van der Waals surface area contributed by atoms with E-state index in [0.29, 0.717) is 11.1 Å². The number of carbonyl (C=O) groups is 2. The van der Waals surface area contributed by atoms with Gasteiger partial charge in [0.05, 0.1) is 5.57 Å². The van der Waals surface area contributed by atoms with Crippen LogP contribution in [0.25, 0.3) is 0 Å². The molecular formula is C22H30N2O3. The zero-order valence-corrected chi connectivity index (χ0v) is 16.9. The molecule has 1 aromatic rings. The molecule has 0 saturated heterocycles. The highest BCUT2D eigenvalue weighted by molar-refractivity contribution is 6.12. The van der Waals surface area contributed by atoms with Crippen molar-refractivity contribution >= 4 is 23.3 Å². The molecule has 3 rings (SSSR count). The molecule has 1 fully saturated rings. The number of rotatable bonds is 5. The summed E-state index contributed by atoms with van der Waals surface area (Å²) in [5, 5.41) is 3.03. The molecule has 146 valence electrons. The molecule has 0 atom stereocenters. The molecule has 1 heterocycles. The molecule has 1 aliphatic heterocycles. The summed E-state index contributed by atoms with van der Waals surface area (Å²) in [6.07, 6.45) is 4.56. The smallest absolute Gasteiger partial charge is 0.335 e. The minimum Gasteiger partial charge on any atom is -0.451 e. The van der Waals surface area contributed by atoms with Crippen molar-refractivity contribution in [1.82, 2.24) is 0 Å². The molecule has 1 spiro atoms. The van der Waals surface area contributed by atoms with Gasteiger partial charge in [-0.3, -0.25) is 4.79 Å². The average molecular weight is 370 g/mol. The summed E-state index contributed by atoms with van der Waals surface area (Å²) in [7, 11) is 0. The van der Waals surface area contributed by atoms with Gasteiger partial charge >= 0.3 is 5.97 Å². The quantitative estimate of drug-likeness (QED) is 0.783. The van der Waals surface area contributed by atoms with E-state index in [0.717, 1.165) is 62.1 Å². The third kappa shape index (κ3) is 3.60. The maximum Gasteiger partial charge on any atom is 0.335 e. The van der Waals surface area contributed by atoms with Crippen LogP contribution in [-0.2, 0) is 14.3 Å². The van der Waals surface area contributed by atoms with Crippen molar-refractivity contribution in [1.29, 1.82) is 0 Å². The SMILES string of the molecule is CCN(CC)c1ccc(NC(=O)C2=C(C)C(=O)OC23CCCCC3)c(C)c1. The van der Waals surface area contributed by atoms with Crippen LogP contribution in [0.1, 0.15) is 58.4 Å².